The van der Waals surface area contributed by atoms with Crippen LogP contribution < -0.4 is 0 Å². The van der Waals surface area contributed by atoms with Crippen LogP contribution in [0.4, 0.5) is 0 Å². The van der Waals surface area contributed by atoms with Gasteiger partial charge in [-0.25, -0.2) is 0 Å². The molecule has 0 saturated heterocycles. The molecule has 4 heteroatoms. The van der Waals surface area contributed by atoms with E-state index in [1.165, 1.54) is 13.8 Å². The Morgan fingerprint density at radius 2 is 1.51 bits per heavy atom. The Bertz CT molecular complexity index is 1240. The number of allylic oxidation sites excluding steroid dienone is 6. The zero-order chi connectivity index (χ0) is 25.8. The van der Waals surface area contributed by atoms with Gasteiger partial charge in [0.25, 0.3) is 0 Å². The van der Waals surface area contributed by atoms with Crippen LogP contribution in [0.1, 0.15) is 50.0 Å². The maximum atomic E-state index is 12.8. The average molecular weight is 469 g/mol. The number of ketones is 2. The van der Waals surface area contributed by atoms with Gasteiger partial charge in [-0.1, -0.05) is 90.6 Å². The molecule has 1 aliphatic carbocycles. The molecule has 3 rings (SSSR count). The van der Waals surface area contributed by atoms with E-state index in [0.29, 0.717) is 18.4 Å². The number of carbonyl (C=O) groups is 3. The first-order valence-corrected chi connectivity index (χ1v) is 11.7. The molecule has 1 N–H and O–H groups in total. The van der Waals surface area contributed by atoms with Crippen molar-refractivity contribution in [2.24, 2.45) is 11.3 Å². The lowest BCUT2D eigenvalue weighted by molar-refractivity contribution is -0.144. The third kappa shape index (κ3) is 6.02. The maximum absolute atomic E-state index is 12.8. The smallest absolute Gasteiger partial charge is 0.313 e. The third-order valence-corrected chi connectivity index (χ3v) is 6.64. The van der Waals surface area contributed by atoms with Crippen LogP contribution in [0.3, 0.4) is 0 Å². The molecule has 1 unspecified atom stereocenters. The number of Topliss-reactive ketones (excluding diaryl/α,β-unsaturated/α-hetero) is 2. The first-order chi connectivity index (χ1) is 16.5. The highest BCUT2D eigenvalue weighted by atomic mass is 16.4. The second-order valence-corrected chi connectivity index (χ2v) is 9.64. The number of benzene rings is 2. The highest BCUT2D eigenvalue weighted by molar-refractivity contribution is 6.12. The predicted octanol–water partition coefficient (Wildman–Crippen LogP) is 6.78. The zero-order valence-corrected chi connectivity index (χ0v) is 20.8. The Kier molecular flexibility index (Phi) is 7.85. The van der Waals surface area contributed by atoms with Crippen molar-refractivity contribution >= 4 is 17.5 Å². The Hall–Kier alpha value is -3.79. The second-order valence-electron chi connectivity index (χ2n) is 9.64. The molecule has 35 heavy (non-hydrogen) atoms. The Labute approximate surface area is 207 Å². The predicted molar refractivity (Wildman–Crippen MR) is 140 cm³/mol. The number of hydrogen-bond acceptors (Lipinski definition) is 3. The summed E-state index contributed by atoms with van der Waals surface area (Å²) >= 11 is 0. The van der Waals surface area contributed by atoms with Gasteiger partial charge in [-0.05, 0) is 50.8 Å². The largest absolute Gasteiger partial charge is 0.481 e. The van der Waals surface area contributed by atoms with Crippen LogP contribution in [0.15, 0.2) is 96.1 Å². The highest BCUT2D eigenvalue weighted by Crippen LogP contribution is 2.29. The van der Waals surface area contributed by atoms with Crippen molar-refractivity contribution in [2.75, 3.05) is 0 Å². The van der Waals surface area contributed by atoms with Gasteiger partial charge in [0.2, 0.25) is 0 Å². The van der Waals surface area contributed by atoms with Crippen molar-refractivity contribution in [3.63, 3.8) is 0 Å². The number of aryl methyl sites for hydroxylation is 1. The minimum atomic E-state index is -1.33. The number of carbonyl (C=O) groups excluding carboxylic acids is 2. The molecule has 0 fully saturated rings. The van der Waals surface area contributed by atoms with E-state index in [9.17, 15) is 19.5 Å². The lowest BCUT2D eigenvalue weighted by Gasteiger charge is -2.21. The lowest BCUT2D eigenvalue weighted by Crippen LogP contribution is -2.29. The lowest BCUT2D eigenvalue weighted by atomic mass is 9.81. The van der Waals surface area contributed by atoms with Crippen molar-refractivity contribution in [2.45, 2.75) is 40.5 Å². The van der Waals surface area contributed by atoms with Crippen molar-refractivity contribution in [3.8, 4) is 11.1 Å². The van der Waals surface area contributed by atoms with Gasteiger partial charge in [-0.2, -0.15) is 0 Å². The first-order valence-electron chi connectivity index (χ1n) is 11.7. The monoisotopic (exact) mass is 468 g/mol. The number of hydrogen-bond donors (Lipinski definition) is 1. The summed E-state index contributed by atoms with van der Waals surface area (Å²) in [6.45, 7) is 10.7. The topological polar surface area (TPSA) is 71.4 Å². The average Bonchev–Trinajstić information content (AvgIpc) is 3.02. The molecule has 0 aliphatic heterocycles. The fourth-order valence-corrected chi connectivity index (χ4v) is 3.94. The van der Waals surface area contributed by atoms with E-state index in [1.54, 1.807) is 12.1 Å². The molecule has 180 valence electrons. The summed E-state index contributed by atoms with van der Waals surface area (Å²) in [5, 5.41) is 9.35. The summed E-state index contributed by atoms with van der Waals surface area (Å²) in [5.74, 6) is -1.40. The van der Waals surface area contributed by atoms with E-state index in [2.05, 4.69) is 6.58 Å². The number of rotatable bonds is 9. The molecule has 4 nitrogen and oxygen atoms in total. The number of carboxylic acid groups (broad SMARTS) is 1. The molecule has 1 aliphatic rings. The van der Waals surface area contributed by atoms with Gasteiger partial charge >= 0.3 is 5.97 Å². The van der Waals surface area contributed by atoms with Gasteiger partial charge in [-0.15, -0.1) is 0 Å². The van der Waals surface area contributed by atoms with Crippen molar-refractivity contribution < 1.29 is 19.5 Å². The van der Waals surface area contributed by atoms with Gasteiger partial charge in [0.1, 0.15) is 5.78 Å². The minimum absolute atomic E-state index is 0.0492. The molecule has 0 radical (unpaired) electrons. The molecule has 0 saturated carbocycles. The molecule has 0 aromatic heterocycles. The Morgan fingerprint density at radius 3 is 2.09 bits per heavy atom. The molecule has 0 spiro atoms. The van der Waals surface area contributed by atoms with E-state index < -0.39 is 11.4 Å². The normalized spacial score (nSPS) is 15.6. The van der Waals surface area contributed by atoms with E-state index in [0.717, 1.165) is 27.8 Å². The van der Waals surface area contributed by atoms with Crippen LogP contribution >= 0.6 is 0 Å². The maximum Gasteiger partial charge on any atom is 0.313 e. The van der Waals surface area contributed by atoms with Crippen molar-refractivity contribution in [1.82, 2.24) is 0 Å². The molecule has 2 aromatic rings. The first kappa shape index (κ1) is 25.8. The van der Waals surface area contributed by atoms with Gasteiger partial charge in [-0.3, -0.25) is 14.4 Å². The van der Waals surface area contributed by atoms with Crippen molar-refractivity contribution in [1.29, 1.82) is 0 Å². The van der Waals surface area contributed by atoms with Crippen LogP contribution in [0.5, 0.6) is 0 Å². The van der Waals surface area contributed by atoms with E-state index in [1.807, 2.05) is 74.5 Å². The van der Waals surface area contributed by atoms with Crippen LogP contribution in [-0.2, 0) is 16.0 Å². The standard InChI is InChI=1S/C31H32O4/c1-20-7-6-8-21(2)27(19-20)28(32)18-11-23-9-12-24(13-10-23)25-14-16-26(17-15-25)29(33)22(3)31(4,5)30(34)35/h6-10,12-17,19,27H,3,11,18H2,1-2,4-5H3,(H,34,35). The van der Waals surface area contributed by atoms with E-state index >= 15 is 0 Å². The van der Waals surface area contributed by atoms with Gasteiger partial charge < -0.3 is 5.11 Å². The molecular weight excluding hydrogens is 436 g/mol. The van der Waals surface area contributed by atoms with Gasteiger partial charge in [0.05, 0.1) is 11.3 Å². The van der Waals surface area contributed by atoms with E-state index in [4.69, 9.17) is 0 Å². The Balaban J connectivity index is 1.64. The molecule has 2 aromatic carbocycles. The third-order valence-electron chi connectivity index (χ3n) is 6.64. The summed E-state index contributed by atoms with van der Waals surface area (Å²) in [5.41, 5.74) is 4.33. The van der Waals surface area contributed by atoms with Crippen molar-refractivity contribution in [3.05, 3.63) is 107 Å². The van der Waals surface area contributed by atoms with Crippen LogP contribution in [-0.4, -0.2) is 22.6 Å². The minimum Gasteiger partial charge on any atom is -0.481 e. The fraction of sp³-hybridized carbons (Fsp3) is 0.258. The summed E-state index contributed by atoms with van der Waals surface area (Å²) in [7, 11) is 0. The SMILES string of the molecule is C=C(C(=O)c1ccc(-c2ccc(CCC(=O)C3C=C(C)C=CC=C3C)cc2)cc1)C(C)(C)C(=O)O. The summed E-state index contributed by atoms with van der Waals surface area (Å²) in [6, 6.07) is 15.1. The van der Waals surface area contributed by atoms with Gasteiger partial charge in [0.15, 0.2) is 5.78 Å². The zero-order valence-electron chi connectivity index (χ0n) is 20.8. The van der Waals surface area contributed by atoms with Crippen LogP contribution in [0, 0.1) is 11.3 Å². The quantitative estimate of drug-likeness (QED) is 0.325. The fourth-order valence-electron chi connectivity index (χ4n) is 3.94. The molecule has 0 heterocycles. The molecule has 0 bridgehead atoms. The summed E-state index contributed by atoms with van der Waals surface area (Å²) in [4.78, 5) is 36.9. The summed E-state index contributed by atoms with van der Waals surface area (Å²) in [6.07, 6.45) is 9.21. The second kappa shape index (κ2) is 10.6. The number of aliphatic carboxylic acids is 1. The summed E-state index contributed by atoms with van der Waals surface area (Å²) < 4.78 is 0. The number of carboxylic acids is 1. The molecule has 1 atom stereocenters. The van der Waals surface area contributed by atoms with Crippen LogP contribution in [0.2, 0.25) is 0 Å². The molecule has 0 amide bonds. The highest BCUT2D eigenvalue weighted by Gasteiger charge is 2.34. The molecular formula is C31H32O4. The van der Waals surface area contributed by atoms with Crippen LogP contribution in [0.25, 0.3) is 11.1 Å². The van der Waals surface area contributed by atoms with Gasteiger partial charge in [0, 0.05) is 17.6 Å². The van der Waals surface area contributed by atoms with E-state index in [-0.39, 0.29) is 23.1 Å². The Morgan fingerprint density at radius 1 is 0.943 bits per heavy atom.